The third-order valence-corrected chi connectivity index (χ3v) is 27.5. The molecule has 1 aromatic heterocycles. The zero-order valence-electron chi connectivity index (χ0n) is 74.5. The minimum absolute atomic E-state index is 0.228. The Morgan fingerprint density at radius 2 is 0.678 bits per heavy atom. The fourth-order valence-corrected chi connectivity index (χ4v) is 18.9. The molecule has 7 nitrogen and oxygen atoms in total. The second-order valence-corrected chi connectivity index (χ2v) is 37.1. The molecule has 0 N–H and O–H groups in total. The summed E-state index contributed by atoms with van der Waals surface area (Å²) >= 11 is 0. The van der Waals surface area contributed by atoms with Gasteiger partial charge in [0, 0.05) is 56.0 Å². The highest BCUT2D eigenvalue weighted by Crippen LogP contribution is 2.58. The van der Waals surface area contributed by atoms with E-state index in [4.69, 9.17) is 18.6 Å². The van der Waals surface area contributed by atoms with Gasteiger partial charge in [-0.25, -0.2) is 0 Å². The van der Waals surface area contributed by atoms with E-state index in [0.29, 0.717) is 0 Å². The van der Waals surface area contributed by atoms with Crippen LogP contribution in [-0.4, -0.2) is 41.2 Å². The molecule has 0 spiro atoms. The van der Waals surface area contributed by atoms with Crippen molar-refractivity contribution >= 4 is 81.1 Å². The standard InChI is InChI=1S/C109H137B2N3O4/c1-15-21-27-31-33-39-73-109(74-40-34-32-28-22-16-2)99-77-94(112(91-67-59-88(60-68-91)110-115-105(7,8)106(9,10)116-110)90-63-55-84(56-64-90)82-51-47-80(48-52-82)41-25-19-5)71-72-95(99)97-79-104-98(78-100(97)109)96-45-37-38-46-101(96)114(104)103-76-86(43-35-29-23-17-3)102(75-87(103)44-36-30-24-18-4)113(93-69-61-89(62-70-93)111-117-107(11,12)108(13,14)118-111)92-65-57-85(58-66-92)83-53-49-81(50-54-83)42-26-20-6/h37-38,45-72,75-79H,15-36,39-44,73-74H2,1-14H3. The van der Waals surface area contributed by atoms with Gasteiger partial charge in [0.1, 0.15) is 0 Å². The van der Waals surface area contributed by atoms with Gasteiger partial charge in [0.25, 0.3) is 0 Å². The number of aryl methyl sites for hydroxylation is 4. The number of fused-ring (bicyclic) bond motifs is 6. The molecule has 0 radical (unpaired) electrons. The molecule has 118 heavy (non-hydrogen) atoms. The SMILES string of the molecule is CCCCCCCCC1(CCCCCCCC)c2cc(N(c3ccc(B4OC(C)(C)C(C)(C)O4)cc3)c3ccc(-c4ccc(CCCC)cc4)cc3)ccc2-c2cc3c(cc21)c1ccccc1n3-c1cc(CCCCCC)c(N(c2ccc(B3OC(C)(C)C(C)(C)O3)cc2)c2ccc(-c3ccc(CCCC)cc3)cc2)cc1CCCCCC. The molecule has 10 aromatic carbocycles. The minimum atomic E-state index is -0.466. The molecule has 2 fully saturated rings. The Balaban J connectivity index is 0.957. The topological polar surface area (TPSA) is 48.3 Å². The molecule has 1 aliphatic carbocycles. The molecular weight excluding hydrogens is 1440 g/mol. The second kappa shape index (κ2) is 38.5. The van der Waals surface area contributed by atoms with Crippen molar-refractivity contribution in [3.63, 3.8) is 0 Å². The van der Waals surface area contributed by atoms with Crippen LogP contribution < -0.4 is 20.7 Å². The van der Waals surface area contributed by atoms with Gasteiger partial charge in [0.15, 0.2) is 0 Å². The average molecular weight is 1570 g/mol. The Hall–Kier alpha value is -8.43. The Morgan fingerprint density at radius 1 is 0.297 bits per heavy atom. The van der Waals surface area contributed by atoms with Crippen LogP contribution in [0.1, 0.15) is 297 Å². The number of para-hydroxylation sites is 1. The van der Waals surface area contributed by atoms with Crippen LogP contribution in [0.15, 0.2) is 212 Å². The molecule has 0 bridgehead atoms. The van der Waals surface area contributed by atoms with Crippen molar-refractivity contribution in [2.45, 2.75) is 317 Å². The summed E-state index contributed by atoms with van der Waals surface area (Å²) in [5.41, 5.74) is 27.0. The summed E-state index contributed by atoms with van der Waals surface area (Å²) in [6.07, 6.45) is 35.5. The van der Waals surface area contributed by atoms with Gasteiger partial charge in [-0.2, -0.15) is 0 Å². The number of unbranched alkanes of at least 4 members (excludes halogenated alkanes) is 18. The van der Waals surface area contributed by atoms with Gasteiger partial charge in [-0.05, 0) is 288 Å². The number of aromatic nitrogens is 1. The van der Waals surface area contributed by atoms with Crippen LogP contribution in [0.3, 0.4) is 0 Å². The number of nitrogens with zero attached hydrogens (tertiary/aromatic N) is 3. The van der Waals surface area contributed by atoms with Gasteiger partial charge >= 0.3 is 14.2 Å². The molecule has 2 aliphatic heterocycles. The molecule has 618 valence electrons. The van der Waals surface area contributed by atoms with Crippen LogP contribution in [0.4, 0.5) is 34.1 Å². The first-order valence-corrected chi connectivity index (χ1v) is 46.5. The molecule has 3 aliphatic rings. The van der Waals surface area contributed by atoms with Crippen molar-refractivity contribution in [3.05, 3.63) is 246 Å². The quantitative estimate of drug-likeness (QED) is 0.0281. The predicted molar refractivity (Wildman–Crippen MR) is 508 cm³/mol. The van der Waals surface area contributed by atoms with Crippen LogP contribution >= 0.6 is 0 Å². The first-order chi connectivity index (χ1) is 57.2. The summed E-state index contributed by atoms with van der Waals surface area (Å²) in [5.74, 6) is 0. The minimum Gasteiger partial charge on any atom is -0.399 e. The summed E-state index contributed by atoms with van der Waals surface area (Å²) in [7, 11) is -0.929. The van der Waals surface area contributed by atoms with Crippen molar-refractivity contribution in [2.75, 3.05) is 9.80 Å². The highest BCUT2D eigenvalue weighted by molar-refractivity contribution is 6.62. The van der Waals surface area contributed by atoms with Crippen LogP contribution in [-0.2, 0) is 49.7 Å². The molecule has 2 saturated heterocycles. The molecule has 11 aromatic rings. The fraction of sp³-hybridized carbons (Fsp3) is 0.450. The van der Waals surface area contributed by atoms with E-state index in [-0.39, 0.29) is 5.41 Å². The van der Waals surface area contributed by atoms with Crippen molar-refractivity contribution in [1.82, 2.24) is 4.57 Å². The van der Waals surface area contributed by atoms with E-state index in [1.807, 2.05) is 0 Å². The van der Waals surface area contributed by atoms with E-state index in [1.165, 1.54) is 247 Å². The highest BCUT2D eigenvalue weighted by atomic mass is 16.7. The highest BCUT2D eigenvalue weighted by Gasteiger charge is 2.53. The van der Waals surface area contributed by atoms with Gasteiger partial charge in [-0.15, -0.1) is 0 Å². The van der Waals surface area contributed by atoms with Crippen molar-refractivity contribution in [2.24, 2.45) is 0 Å². The fourth-order valence-electron chi connectivity index (χ4n) is 18.9. The monoisotopic (exact) mass is 1570 g/mol. The Labute approximate surface area is 711 Å². The molecule has 0 amide bonds. The van der Waals surface area contributed by atoms with Gasteiger partial charge in [0.05, 0.1) is 33.4 Å². The first-order valence-electron chi connectivity index (χ1n) is 46.5. The molecular formula is C109H137B2N3O4. The van der Waals surface area contributed by atoms with E-state index in [9.17, 15) is 0 Å². The molecule has 3 heterocycles. The van der Waals surface area contributed by atoms with Gasteiger partial charge < -0.3 is 33.0 Å². The van der Waals surface area contributed by atoms with E-state index < -0.39 is 36.6 Å². The van der Waals surface area contributed by atoms with Crippen LogP contribution in [0.2, 0.25) is 0 Å². The summed E-state index contributed by atoms with van der Waals surface area (Å²) in [6, 6.07) is 83.5. The maximum Gasteiger partial charge on any atom is 0.494 e. The lowest BCUT2D eigenvalue weighted by Gasteiger charge is -2.34. The van der Waals surface area contributed by atoms with Gasteiger partial charge in [-0.3, -0.25) is 0 Å². The van der Waals surface area contributed by atoms with Gasteiger partial charge in [0.2, 0.25) is 0 Å². The van der Waals surface area contributed by atoms with E-state index in [1.54, 1.807) is 0 Å². The van der Waals surface area contributed by atoms with Crippen molar-refractivity contribution in [1.29, 1.82) is 0 Å². The molecule has 14 rings (SSSR count). The molecule has 0 atom stereocenters. The summed E-state index contributed by atoms with van der Waals surface area (Å²) in [4.78, 5) is 5.11. The van der Waals surface area contributed by atoms with Crippen LogP contribution in [0.25, 0.3) is 60.9 Å². The summed E-state index contributed by atoms with van der Waals surface area (Å²) < 4.78 is 29.6. The van der Waals surface area contributed by atoms with E-state index in [0.717, 1.165) is 85.0 Å². The smallest absolute Gasteiger partial charge is 0.399 e. The maximum absolute atomic E-state index is 6.72. The normalized spacial score (nSPS) is 15.5. The summed E-state index contributed by atoms with van der Waals surface area (Å²) in [5, 5.41) is 2.67. The predicted octanol–water partition coefficient (Wildman–Crippen LogP) is 30.4. The van der Waals surface area contributed by atoms with Crippen LogP contribution in [0.5, 0.6) is 0 Å². The Bertz CT molecular complexity index is 5050. The first kappa shape index (κ1) is 86.0. The number of anilines is 6. The number of rotatable bonds is 41. The third-order valence-electron chi connectivity index (χ3n) is 27.5. The Morgan fingerprint density at radius 3 is 1.14 bits per heavy atom. The van der Waals surface area contributed by atoms with E-state index in [2.05, 4.69) is 324 Å². The zero-order valence-corrected chi connectivity index (χ0v) is 74.5. The number of hydrogen-bond donors (Lipinski definition) is 0. The van der Waals surface area contributed by atoms with Crippen molar-refractivity contribution < 1.29 is 18.6 Å². The van der Waals surface area contributed by atoms with Crippen molar-refractivity contribution in [3.8, 4) is 39.1 Å². The summed E-state index contributed by atoms with van der Waals surface area (Å²) in [6.45, 7) is 31.1. The molecule has 0 saturated carbocycles. The lowest BCUT2D eigenvalue weighted by Crippen LogP contribution is -2.41. The average Bonchev–Trinajstić information content (AvgIpc) is 1.53. The Kier molecular flexibility index (Phi) is 28.1. The number of benzene rings is 10. The zero-order chi connectivity index (χ0) is 82.6. The lowest BCUT2D eigenvalue weighted by atomic mass is 9.70. The lowest BCUT2D eigenvalue weighted by molar-refractivity contribution is 0.00578. The second-order valence-electron chi connectivity index (χ2n) is 37.1. The van der Waals surface area contributed by atoms with Gasteiger partial charge in [-0.1, -0.05) is 291 Å². The number of hydrogen-bond acceptors (Lipinski definition) is 6. The molecule has 9 heteroatoms. The maximum atomic E-state index is 6.72. The van der Waals surface area contributed by atoms with Crippen LogP contribution in [0, 0.1) is 0 Å². The third kappa shape index (κ3) is 18.7. The molecule has 0 unspecified atom stereocenters. The largest absolute Gasteiger partial charge is 0.494 e. The van der Waals surface area contributed by atoms with E-state index >= 15 is 0 Å².